The number of benzene rings is 1. The number of rotatable bonds is 3. The van der Waals surface area contributed by atoms with Crippen LogP contribution < -0.4 is 5.46 Å². The van der Waals surface area contributed by atoms with E-state index < -0.39 is 7.12 Å². The lowest BCUT2D eigenvalue weighted by molar-refractivity contribution is 0.257. The van der Waals surface area contributed by atoms with Gasteiger partial charge in [0.15, 0.2) is 0 Å². The molecule has 2 unspecified atom stereocenters. The SMILES string of the molecule is CC1CC(C)N(Cc2ccccc2B(O)O)C1. The molecular weight excluding hydrogens is 213 g/mol. The fourth-order valence-electron chi connectivity index (χ4n) is 2.76. The number of likely N-dealkylation sites (tertiary alicyclic amines) is 1. The Hall–Kier alpha value is -0.835. The van der Waals surface area contributed by atoms with Gasteiger partial charge in [0.25, 0.3) is 0 Å². The summed E-state index contributed by atoms with van der Waals surface area (Å²) in [5.74, 6) is 0.733. The molecule has 0 amide bonds. The molecule has 1 aliphatic heterocycles. The monoisotopic (exact) mass is 233 g/mol. The summed E-state index contributed by atoms with van der Waals surface area (Å²) in [7, 11) is -1.37. The predicted octanol–water partition coefficient (Wildman–Crippen LogP) is 0.597. The average molecular weight is 233 g/mol. The van der Waals surface area contributed by atoms with E-state index in [4.69, 9.17) is 0 Å². The minimum Gasteiger partial charge on any atom is -0.423 e. The third-order valence-corrected chi connectivity index (χ3v) is 3.62. The van der Waals surface area contributed by atoms with Crippen LogP contribution in [0.25, 0.3) is 0 Å². The molecule has 0 spiro atoms. The van der Waals surface area contributed by atoms with E-state index in [1.807, 2.05) is 18.2 Å². The van der Waals surface area contributed by atoms with Crippen LogP contribution in [0.1, 0.15) is 25.8 Å². The molecule has 4 heteroatoms. The highest BCUT2D eigenvalue weighted by atomic mass is 16.4. The zero-order valence-corrected chi connectivity index (χ0v) is 10.5. The van der Waals surface area contributed by atoms with Crippen LogP contribution in [0.2, 0.25) is 0 Å². The first-order chi connectivity index (χ1) is 8.08. The molecule has 0 aromatic heterocycles. The molecule has 1 heterocycles. The quantitative estimate of drug-likeness (QED) is 0.751. The van der Waals surface area contributed by atoms with Crippen LogP contribution in [-0.4, -0.2) is 34.7 Å². The highest BCUT2D eigenvalue weighted by Crippen LogP contribution is 2.23. The van der Waals surface area contributed by atoms with E-state index in [-0.39, 0.29) is 0 Å². The molecule has 1 saturated heterocycles. The van der Waals surface area contributed by atoms with Crippen molar-refractivity contribution in [1.82, 2.24) is 4.90 Å². The first-order valence-corrected chi connectivity index (χ1v) is 6.26. The number of hydrogen-bond donors (Lipinski definition) is 2. The van der Waals surface area contributed by atoms with E-state index in [0.717, 1.165) is 24.6 Å². The summed E-state index contributed by atoms with van der Waals surface area (Å²) in [6.45, 7) is 6.40. The second-order valence-corrected chi connectivity index (χ2v) is 5.19. The normalized spacial score (nSPS) is 25.2. The summed E-state index contributed by atoms with van der Waals surface area (Å²) in [4.78, 5) is 2.41. The Balaban J connectivity index is 2.13. The van der Waals surface area contributed by atoms with Gasteiger partial charge < -0.3 is 10.0 Å². The maximum absolute atomic E-state index is 9.33. The smallest absolute Gasteiger partial charge is 0.423 e. The molecule has 0 aliphatic carbocycles. The fourth-order valence-corrected chi connectivity index (χ4v) is 2.76. The van der Waals surface area contributed by atoms with Gasteiger partial charge in [-0.2, -0.15) is 0 Å². The molecule has 1 aliphatic rings. The van der Waals surface area contributed by atoms with Crippen molar-refractivity contribution in [3.63, 3.8) is 0 Å². The third kappa shape index (κ3) is 2.89. The first-order valence-electron chi connectivity index (χ1n) is 6.26. The first kappa shape index (κ1) is 12.6. The molecule has 1 aromatic carbocycles. The second-order valence-electron chi connectivity index (χ2n) is 5.19. The summed E-state index contributed by atoms with van der Waals surface area (Å²) < 4.78 is 0. The largest absolute Gasteiger partial charge is 0.488 e. The van der Waals surface area contributed by atoms with Gasteiger partial charge in [-0.25, -0.2) is 0 Å². The van der Waals surface area contributed by atoms with Crippen molar-refractivity contribution in [2.24, 2.45) is 5.92 Å². The predicted molar refractivity (Wildman–Crippen MR) is 69.9 cm³/mol. The minimum atomic E-state index is -1.37. The summed E-state index contributed by atoms with van der Waals surface area (Å²) in [6, 6.07) is 8.13. The van der Waals surface area contributed by atoms with Crippen molar-refractivity contribution in [3.8, 4) is 0 Å². The molecule has 1 aromatic rings. The lowest BCUT2D eigenvalue weighted by atomic mass is 9.77. The molecule has 1 fully saturated rings. The molecule has 0 bridgehead atoms. The van der Waals surface area contributed by atoms with Crippen molar-refractivity contribution in [3.05, 3.63) is 29.8 Å². The Bertz CT molecular complexity index is 383. The van der Waals surface area contributed by atoms with Crippen LogP contribution in [-0.2, 0) is 6.54 Å². The van der Waals surface area contributed by atoms with Crippen LogP contribution in [0, 0.1) is 5.92 Å². The van der Waals surface area contributed by atoms with Gasteiger partial charge in [-0.15, -0.1) is 0 Å². The summed E-state index contributed by atoms with van der Waals surface area (Å²) in [6.07, 6.45) is 1.23. The number of hydrogen-bond acceptors (Lipinski definition) is 3. The van der Waals surface area contributed by atoms with Crippen LogP contribution in [0.3, 0.4) is 0 Å². The maximum atomic E-state index is 9.33. The van der Waals surface area contributed by atoms with Crippen LogP contribution >= 0.6 is 0 Å². The van der Waals surface area contributed by atoms with Gasteiger partial charge in [-0.05, 0) is 30.3 Å². The highest BCUT2D eigenvalue weighted by molar-refractivity contribution is 6.59. The van der Waals surface area contributed by atoms with Gasteiger partial charge in [-0.1, -0.05) is 31.2 Å². The third-order valence-electron chi connectivity index (χ3n) is 3.62. The fraction of sp³-hybridized carbons (Fsp3) is 0.538. The van der Waals surface area contributed by atoms with Crippen molar-refractivity contribution in [2.75, 3.05) is 6.54 Å². The second kappa shape index (κ2) is 5.21. The van der Waals surface area contributed by atoms with Crippen LogP contribution in [0.5, 0.6) is 0 Å². The van der Waals surface area contributed by atoms with Gasteiger partial charge in [-0.3, -0.25) is 4.90 Å². The lowest BCUT2D eigenvalue weighted by Crippen LogP contribution is -2.36. The molecule has 2 atom stereocenters. The topological polar surface area (TPSA) is 43.7 Å². The summed E-state index contributed by atoms with van der Waals surface area (Å²) >= 11 is 0. The summed E-state index contributed by atoms with van der Waals surface area (Å²) in [5, 5.41) is 18.7. The van der Waals surface area contributed by atoms with Gasteiger partial charge in [0.1, 0.15) is 0 Å². The maximum Gasteiger partial charge on any atom is 0.488 e. The van der Waals surface area contributed by atoms with E-state index >= 15 is 0 Å². The van der Waals surface area contributed by atoms with Crippen molar-refractivity contribution in [2.45, 2.75) is 32.9 Å². The van der Waals surface area contributed by atoms with E-state index in [0.29, 0.717) is 11.5 Å². The van der Waals surface area contributed by atoms with E-state index in [9.17, 15) is 10.0 Å². The van der Waals surface area contributed by atoms with Crippen molar-refractivity contribution >= 4 is 12.6 Å². The number of nitrogens with zero attached hydrogens (tertiary/aromatic N) is 1. The van der Waals surface area contributed by atoms with E-state index in [2.05, 4.69) is 18.7 Å². The zero-order valence-electron chi connectivity index (χ0n) is 10.5. The van der Waals surface area contributed by atoms with Gasteiger partial charge in [0.2, 0.25) is 0 Å². The van der Waals surface area contributed by atoms with Gasteiger partial charge in [0.05, 0.1) is 0 Å². The van der Waals surface area contributed by atoms with E-state index in [1.165, 1.54) is 6.42 Å². The molecule has 2 rings (SSSR count). The Kier molecular flexibility index (Phi) is 3.87. The minimum absolute atomic E-state index is 0.578. The molecule has 0 radical (unpaired) electrons. The van der Waals surface area contributed by atoms with Gasteiger partial charge >= 0.3 is 7.12 Å². The Labute approximate surface area is 103 Å². The Morgan fingerprint density at radius 1 is 1.29 bits per heavy atom. The Morgan fingerprint density at radius 2 is 2.00 bits per heavy atom. The van der Waals surface area contributed by atoms with Crippen molar-refractivity contribution in [1.29, 1.82) is 0 Å². The highest BCUT2D eigenvalue weighted by Gasteiger charge is 2.27. The van der Waals surface area contributed by atoms with Gasteiger partial charge in [0, 0.05) is 19.1 Å². The van der Waals surface area contributed by atoms with Crippen LogP contribution in [0.15, 0.2) is 24.3 Å². The average Bonchev–Trinajstić information content (AvgIpc) is 2.58. The molecular formula is C13H20BNO2. The molecule has 0 saturated carbocycles. The van der Waals surface area contributed by atoms with Crippen molar-refractivity contribution < 1.29 is 10.0 Å². The molecule has 2 N–H and O–H groups in total. The van der Waals surface area contributed by atoms with E-state index in [1.54, 1.807) is 6.07 Å². The molecule has 17 heavy (non-hydrogen) atoms. The lowest BCUT2D eigenvalue weighted by Gasteiger charge is -2.22. The summed E-state index contributed by atoms with van der Waals surface area (Å²) in [5.41, 5.74) is 1.64. The molecule has 92 valence electrons. The zero-order chi connectivity index (χ0) is 12.4. The molecule has 3 nitrogen and oxygen atoms in total. The Morgan fingerprint density at radius 3 is 2.59 bits per heavy atom. The standard InChI is InChI=1S/C13H20BNO2/c1-10-7-11(2)15(8-10)9-12-5-3-4-6-13(12)14(16)17/h3-6,10-11,16-17H,7-9H2,1-2H3. The van der Waals surface area contributed by atoms with Crippen LogP contribution in [0.4, 0.5) is 0 Å².